The third kappa shape index (κ3) is 1.34. The van der Waals surface area contributed by atoms with Crippen molar-refractivity contribution in [1.29, 1.82) is 0 Å². The first-order valence-corrected chi connectivity index (χ1v) is 4.67. The molecule has 0 unspecified atom stereocenters. The van der Waals surface area contributed by atoms with Crippen molar-refractivity contribution < 1.29 is 16.8 Å². The Morgan fingerprint density at radius 2 is 1.67 bits per heavy atom. The summed E-state index contributed by atoms with van der Waals surface area (Å²) in [5.74, 6) is 0. The van der Waals surface area contributed by atoms with E-state index in [-0.39, 0.29) is 0 Å². The van der Waals surface area contributed by atoms with Gasteiger partial charge >= 0.3 is 10.4 Å². The van der Waals surface area contributed by atoms with Crippen LogP contribution in [0.2, 0.25) is 0 Å². The first kappa shape index (κ1) is 7.72. The lowest BCUT2D eigenvalue weighted by molar-refractivity contribution is -0.0822. The van der Waals surface area contributed by atoms with Crippen LogP contribution in [0.1, 0.15) is 11.9 Å². The van der Waals surface area contributed by atoms with Crippen molar-refractivity contribution in [3.63, 3.8) is 0 Å². The topological polar surface area (TPSA) is 52.6 Å². The van der Waals surface area contributed by atoms with E-state index in [9.17, 15) is 8.42 Å². The zero-order valence-corrected chi connectivity index (χ0v) is 6.82. The monoisotopic (exact) mass is 186 g/mol. The molecule has 0 spiro atoms. The smallest absolute Gasteiger partial charge is 0.210 e. The van der Waals surface area contributed by atoms with E-state index < -0.39 is 16.7 Å². The van der Waals surface area contributed by atoms with E-state index in [4.69, 9.17) is 0 Å². The van der Waals surface area contributed by atoms with E-state index in [1.807, 2.05) is 6.07 Å². The van der Waals surface area contributed by atoms with E-state index in [1.54, 1.807) is 24.3 Å². The highest BCUT2D eigenvalue weighted by Crippen LogP contribution is 2.32. The summed E-state index contributed by atoms with van der Waals surface area (Å²) in [4.78, 5) is 0. The second-order valence-corrected chi connectivity index (χ2v) is 3.54. The van der Waals surface area contributed by atoms with Crippen molar-refractivity contribution in [1.82, 2.24) is 0 Å². The maximum absolute atomic E-state index is 10.4. The predicted molar refractivity (Wildman–Crippen MR) is 40.3 cm³/mol. The minimum Gasteiger partial charge on any atom is -0.210 e. The molecule has 0 atom stereocenters. The summed E-state index contributed by atoms with van der Waals surface area (Å²) in [6.45, 7) is 0. The molecule has 0 aromatic heterocycles. The Hall–Kier alpha value is -0.910. The third-order valence-corrected chi connectivity index (χ3v) is 2.30. The largest absolute Gasteiger partial charge is 0.405 e. The molecule has 1 aromatic rings. The van der Waals surface area contributed by atoms with Crippen LogP contribution in [0.15, 0.2) is 30.3 Å². The van der Waals surface area contributed by atoms with Gasteiger partial charge in [-0.05, 0) is 0 Å². The molecule has 0 radical (unpaired) electrons. The first-order valence-electron chi connectivity index (χ1n) is 3.34. The van der Waals surface area contributed by atoms with Crippen molar-refractivity contribution in [2.45, 2.75) is 6.29 Å². The summed E-state index contributed by atoms with van der Waals surface area (Å²) in [6.07, 6.45) is -0.754. The highest BCUT2D eigenvalue weighted by molar-refractivity contribution is 7.82. The van der Waals surface area contributed by atoms with Gasteiger partial charge in [0.25, 0.3) is 0 Å². The minimum absolute atomic E-state index is 0.701. The Morgan fingerprint density at radius 1 is 1.08 bits per heavy atom. The average Bonchev–Trinajstić information content (AvgIpc) is 2.02. The summed E-state index contributed by atoms with van der Waals surface area (Å²) >= 11 is 0. The molecule has 1 aliphatic heterocycles. The van der Waals surface area contributed by atoms with Crippen LogP contribution >= 0.6 is 0 Å². The molecule has 1 saturated heterocycles. The van der Waals surface area contributed by atoms with Gasteiger partial charge < -0.3 is 0 Å². The molecule has 0 N–H and O–H groups in total. The van der Waals surface area contributed by atoms with Crippen LogP contribution in [0.4, 0.5) is 0 Å². The van der Waals surface area contributed by atoms with E-state index >= 15 is 0 Å². The van der Waals surface area contributed by atoms with Crippen LogP contribution in [0, 0.1) is 0 Å². The van der Waals surface area contributed by atoms with E-state index in [2.05, 4.69) is 8.37 Å². The summed E-state index contributed by atoms with van der Waals surface area (Å²) in [5.41, 5.74) is 0.701. The zero-order chi connectivity index (χ0) is 8.60. The Balaban J connectivity index is 2.16. The lowest BCUT2D eigenvalue weighted by atomic mass is 10.2. The molecule has 64 valence electrons. The fourth-order valence-electron chi connectivity index (χ4n) is 0.943. The van der Waals surface area contributed by atoms with Crippen molar-refractivity contribution in [3.8, 4) is 0 Å². The molecule has 5 heteroatoms. The quantitative estimate of drug-likeness (QED) is 0.656. The number of hydrogen-bond acceptors (Lipinski definition) is 4. The lowest BCUT2D eigenvalue weighted by Crippen LogP contribution is -2.28. The Kier molecular flexibility index (Phi) is 1.64. The molecule has 1 fully saturated rings. The maximum Gasteiger partial charge on any atom is 0.405 e. The molecule has 1 aromatic carbocycles. The molecular weight excluding hydrogens is 180 g/mol. The van der Waals surface area contributed by atoms with Crippen molar-refractivity contribution >= 4 is 10.4 Å². The molecule has 12 heavy (non-hydrogen) atoms. The van der Waals surface area contributed by atoms with Gasteiger partial charge in [0.2, 0.25) is 6.29 Å². The van der Waals surface area contributed by atoms with Gasteiger partial charge in [0.1, 0.15) is 0 Å². The predicted octanol–water partition coefficient (Wildman–Crippen LogP) is 0.977. The lowest BCUT2D eigenvalue weighted by Gasteiger charge is -2.24. The van der Waals surface area contributed by atoms with Crippen molar-refractivity contribution in [3.05, 3.63) is 35.9 Å². The fourth-order valence-corrected chi connectivity index (χ4v) is 1.61. The SMILES string of the molecule is O=S1(=O)OC(c2ccccc2)O1. The Morgan fingerprint density at radius 3 is 2.17 bits per heavy atom. The normalized spacial score (nSPS) is 21.7. The summed E-state index contributed by atoms with van der Waals surface area (Å²) < 4.78 is 29.8. The standard InChI is InChI=1S/C7H6O4S/c8-12(9)10-7(11-12)6-4-2-1-3-5-6/h1-5,7H. The second kappa shape index (κ2) is 2.55. The van der Waals surface area contributed by atoms with E-state index in [0.29, 0.717) is 5.56 Å². The van der Waals surface area contributed by atoms with Gasteiger partial charge in [-0.15, -0.1) is 0 Å². The molecule has 2 rings (SSSR count). The number of rotatable bonds is 1. The molecule has 0 saturated carbocycles. The molecule has 0 amide bonds. The Bertz CT molecular complexity index is 358. The van der Waals surface area contributed by atoms with Gasteiger partial charge in [-0.25, -0.2) is 8.37 Å². The molecule has 0 aliphatic carbocycles. The molecular formula is C7H6O4S. The summed E-state index contributed by atoms with van der Waals surface area (Å²) in [7, 11) is -3.68. The molecule has 0 bridgehead atoms. The Labute approximate surface area is 70.1 Å². The van der Waals surface area contributed by atoms with Crippen LogP contribution < -0.4 is 0 Å². The molecule has 1 aliphatic rings. The van der Waals surface area contributed by atoms with Crippen LogP contribution in [-0.2, 0) is 18.8 Å². The minimum atomic E-state index is -3.68. The van der Waals surface area contributed by atoms with Crippen molar-refractivity contribution in [2.75, 3.05) is 0 Å². The van der Waals surface area contributed by atoms with Gasteiger partial charge in [-0.3, -0.25) is 0 Å². The van der Waals surface area contributed by atoms with Crippen LogP contribution in [0.25, 0.3) is 0 Å². The van der Waals surface area contributed by atoms with Gasteiger partial charge in [0, 0.05) is 5.56 Å². The zero-order valence-electron chi connectivity index (χ0n) is 6.01. The maximum atomic E-state index is 10.4. The van der Waals surface area contributed by atoms with Gasteiger partial charge in [-0.2, -0.15) is 8.42 Å². The highest BCUT2D eigenvalue weighted by atomic mass is 32.3. The average molecular weight is 186 g/mol. The first-order chi connectivity index (χ1) is 5.67. The van der Waals surface area contributed by atoms with E-state index in [1.165, 1.54) is 0 Å². The van der Waals surface area contributed by atoms with Gasteiger partial charge in [-0.1, -0.05) is 30.3 Å². The highest BCUT2D eigenvalue weighted by Gasteiger charge is 2.37. The fraction of sp³-hybridized carbons (Fsp3) is 0.143. The summed E-state index contributed by atoms with van der Waals surface area (Å²) in [5, 5.41) is 0. The third-order valence-electron chi connectivity index (χ3n) is 1.48. The van der Waals surface area contributed by atoms with Crippen molar-refractivity contribution in [2.24, 2.45) is 0 Å². The van der Waals surface area contributed by atoms with Crippen LogP contribution in [0.5, 0.6) is 0 Å². The van der Waals surface area contributed by atoms with E-state index in [0.717, 1.165) is 0 Å². The van der Waals surface area contributed by atoms with Gasteiger partial charge in [0.15, 0.2) is 0 Å². The van der Waals surface area contributed by atoms with Crippen LogP contribution in [-0.4, -0.2) is 8.42 Å². The number of benzene rings is 1. The van der Waals surface area contributed by atoms with Gasteiger partial charge in [0.05, 0.1) is 0 Å². The second-order valence-electron chi connectivity index (χ2n) is 2.34. The summed E-state index contributed by atoms with van der Waals surface area (Å²) in [6, 6.07) is 8.87. The molecule has 4 nitrogen and oxygen atoms in total. The molecule has 1 heterocycles. The van der Waals surface area contributed by atoms with Crippen LogP contribution in [0.3, 0.4) is 0 Å². The number of hydrogen-bond donors (Lipinski definition) is 0.